The molecule has 3 aromatic rings. The molecule has 0 fully saturated rings. The van der Waals surface area contributed by atoms with Crippen LogP contribution in [0.25, 0.3) is 10.9 Å². The number of hydrogen-bond acceptors (Lipinski definition) is 5. The Balaban J connectivity index is 0.00000247. The molecular weight excluding hydrogens is 486 g/mol. The number of carbonyl (C=O) groups excluding carboxylic acids is 3. The third-order valence-electron chi connectivity index (χ3n) is 6.28. The van der Waals surface area contributed by atoms with Crippen LogP contribution in [0.4, 0.5) is 0 Å². The van der Waals surface area contributed by atoms with Crippen LogP contribution >= 0.6 is 0 Å². The number of ether oxygens (including phenoxy) is 1. The Hall–Kier alpha value is -4.14. The summed E-state index contributed by atoms with van der Waals surface area (Å²) in [7, 11) is 0. The molecule has 2 amide bonds. The number of nitrogens with zero attached hydrogens (tertiary/aromatic N) is 1. The van der Waals surface area contributed by atoms with E-state index >= 15 is 0 Å². The van der Waals surface area contributed by atoms with Crippen LogP contribution in [-0.4, -0.2) is 45.9 Å². The summed E-state index contributed by atoms with van der Waals surface area (Å²) >= 11 is 0. The molecule has 3 rings (SSSR count). The number of aliphatic carboxylic acids is 1. The van der Waals surface area contributed by atoms with Crippen molar-refractivity contribution >= 4 is 34.5 Å². The lowest BCUT2D eigenvalue weighted by molar-refractivity contribution is -0.143. The second kappa shape index (κ2) is 14.0. The molecule has 1 aromatic heterocycles. The van der Waals surface area contributed by atoms with E-state index in [9.17, 15) is 24.3 Å². The fourth-order valence-corrected chi connectivity index (χ4v) is 4.26. The molecule has 9 heteroatoms. The van der Waals surface area contributed by atoms with Gasteiger partial charge in [-0.3, -0.25) is 14.4 Å². The molecule has 0 spiro atoms. The van der Waals surface area contributed by atoms with Crippen LogP contribution in [0.2, 0.25) is 0 Å². The van der Waals surface area contributed by atoms with Crippen LogP contribution in [0.5, 0.6) is 5.75 Å². The van der Waals surface area contributed by atoms with Gasteiger partial charge in [0.2, 0.25) is 0 Å². The maximum absolute atomic E-state index is 12.9. The van der Waals surface area contributed by atoms with Gasteiger partial charge in [0.15, 0.2) is 6.61 Å². The number of carboxylic acids is 1. The standard InChI is InChI=1S/C27H31N3O6.C2H6/c1-4-16(3)24(27(34)35)29-21(31)15-36-20-13-9-12-19-22(20)23(25(32)26(28)33)18(5-2)30(19)14-17-10-7-6-8-11-17;1-2/h6-13,16,24H,4-5,14-15H2,1-3H3,(H2,28,33)(H,29,31)(H,34,35);1-2H3/t16-,24-;/m0./s1. The van der Waals surface area contributed by atoms with Gasteiger partial charge in [-0.25, -0.2) is 4.79 Å². The number of carbonyl (C=O) groups is 4. The molecule has 0 radical (unpaired) electrons. The van der Waals surface area contributed by atoms with Crippen LogP contribution in [0.3, 0.4) is 0 Å². The molecule has 38 heavy (non-hydrogen) atoms. The second-order valence-corrected chi connectivity index (χ2v) is 8.65. The maximum atomic E-state index is 12.9. The van der Waals surface area contributed by atoms with Crippen LogP contribution in [0.1, 0.15) is 62.7 Å². The lowest BCUT2D eigenvalue weighted by atomic mass is 9.99. The summed E-state index contributed by atoms with van der Waals surface area (Å²) in [6.45, 7) is 9.44. The molecule has 2 atom stereocenters. The third kappa shape index (κ3) is 6.79. The summed E-state index contributed by atoms with van der Waals surface area (Å²) in [4.78, 5) is 49.0. The van der Waals surface area contributed by atoms with Crippen molar-refractivity contribution in [3.8, 4) is 5.75 Å². The topological polar surface area (TPSA) is 141 Å². The van der Waals surface area contributed by atoms with Gasteiger partial charge in [0.25, 0.3) is 17.6 Å². The normalized spacial score (nSPS) is 12.1. The summed E-state index contributed by atoms with van der Waals surface area (Å²) in [6, 6.07) is 13.8. The first-order chi connectivity index (χ1) is 18.2. The van der Waals surface area contributed by atoms with Gasteiger partial charge in [-0.15, -0.1) is 0 Å². The molecule has 4 N–H and O–H groups in total. The number of amides is 2. The lowest BCUT2D eigenvalue weighted by Crippen LogP contribution is -2.46. The van der Waals surface area contributed by atoms with Gasteiger partial charge in [0, 0.05) is 12.2 Å². The zero-order chi connectivity index (χ0) is 28.4. The fourth-order valence-electron chi connectivity index (χ4n) is 4.26. The predicted octanol–water partition coefficient (Wildman–Crippen LogP) is 3.94. The molecule has 0 aliphatic rings. The van der Waals surface area contributed by atoms with Crippen LogP contribution in [-0.2, 0) is 27.3 Å². The minimum atomic E-state index is -1.13. The highest BCUT2D eigenvalue weighted by atomic mass is 16.5. The molecule has 1 heterocycles. The molecule has 0 saturated heterocycles. The molecule has 0 aliphatic heterocycles. The number of hydrogen-bond donors (Lipinski definition) is 3. The minimum absolute atomic E-state index is 0.148. The van der Waals surface area contributed by atoms with E-state index in [-0.39, 0.29) is 17.2 Å². The van der Waals surface area contributed by atoms with Crippen LogP contribution < -0.4 is 15.8 Å². The third-order valence-corrected chi connectivity index (χ3v) is 6.28. The number of nitrogens with two attached hydrogens (primary N) is 1. The Morgan fingerprint density at radius 3 is 2.24 bits per heavy atom. The fraction of sp³-hybridized carbons (Fsp3) is 0.379. The van der Waals surface area contributed by atoms with E-state index in [1.807, 2.05) is 68.7 Å². The number of Topliss-reactive ketones (excluding diaryl/α,β-unsaturated/α-hetero) is 1. The van der Waals surface area contributed by atoms with E-state index < -0.39 is 36.2 Å². The van der Waals surface area contributed by atoms with Gasteiger partial charge in [-0.1, -0.05) is 77.4 Å². The van der Waals surface area contributed by atoms with E-state index in [0.29, 0.717) is 36.0 Å². The van der Waals surface area contributed by atoms with Gasteiger partial charge in [-0.2, -0.15) is 0 Å². The lowest BCUT2D eigenvalue weighted by Gasteiger charge is -2.20. The maximum Gasteiger partial charge on any atom is 0.326 e. The van der Waals surface area contributed by atoms with Crippen molar-refractivity contribution in [1.29, 1.82) is 0 Å². The summed E-state index contributed by atoms with van der Waals surface area (Å²) in [5.41, 5.74) is 7.81. The smallest absolute Gasteiger partial charge is 0.326 e. The molecule has 9 nitrogen and oxygen atoms in total. The average Bonchev–Trinajstić information content (AvgIpc) is 3.24. The first-order valence-corrected chi connectivity index (χ1v) is 12.9. The number of ketones is 1. The first kappa shape index (κ1) is 30.1. The molecule has 0 unspecified atom stereocenters. The van der Waals surface area contributed by atoms with Crippen molar-refractivity contribution in [3.05, 3.63) is 65.4 Å². The Morgan fingerprint density at radius 2 is 1.68 bits per heavy atom. The van der Waals surface area contributed by atoms with E-state index in [0.717, 1.165) is 5.56 Å². The zero-order valence-corrected chi connectivity index (χ0v) is 22.6. The summed E-state index contributed by atoms with van der Waals surface area (Å²) in [5, 5.41) is 12.3. The number of rotatable bonds is 12. The Morgan fingerprint density at radius 1 is 1.03 bits per heavy atom. The van der Waals surface area contributed by atoms with E-state index in [1.165, 1.54) is 0 Å². The van der Waals surface area contributed by atoms with Crippen LogP contribution in [0.15, 0.2) is 48.5 Å². The van der Waals surface area contributed by atoms with Crippen molar-refractivity contribution in [2.24, 2.45) is 11.7 Å². The summed E-state index contributed by atoms with van der Waals surface area (Å²) in [6.07, 6.45) is 1.02. The number of benzene rings is 2. The van der Waals surface area contributed by atoms with Gasteiger partial charge in [0.1, 0.15) is 11.8 Å². The highest BCUT2D eigenvalue weighted by Gasteiger charge is 2.28. The second-order valence-electron chi connectivity index (χ2n) is 8.65. The van der Waals surface area contributed by atoms with E-state index in [1.54, 1.807) is 19.1 Å². The number of aromatic nitrogens is 1. The van der Waals surface area contributed by atoms with Crippen molar-refractivity contribution < 1.29 is 29.0 Å². The summed E-state index contributed by atoms with van der Waals surface area (Å²) < 4.78 is 7.73. The zero-order valence-electron chi connectivity index (χ0n) is 22.6. The monoisotopic (exact) mass is 523 g/mol. The number of fused-ring (bicyclic) bond motifs is 1. The largest absolute Gasteiger partial charge is 0.483 e. The molecule has 0 saturated carbocycles. The first-order valence-electron chi connectivity index (χ1n) is 12.9. The minimum Gasteiger partial charge on any atom is -0.483 e. The van der Waals surface area contributed by atoms with Gasteiger partial charge < -0.3 is 25.5 Å². The summed E-state index contributed by atoms with van der Waals surface area (Å²) in [5.74, 6) is -3.71. The predicted molar refractivity (Wildman–Crippen MR) is 146 cm³/mol. The number of nitrogens with one attached hydrogen (secondary N) is 1. The van der Waals surface area contributed by atoms with E-state index in [2.05, 4.69) is 5.32 Å². The molecule has 0 aliphatic carbocycles. The van der Waals surface area contributed by atoms with Gasteiger partial charge >= 0.3 is 5.97 Å². The van der Waals surface area contributed by atoms with Crippen LogP contribution in [0, 0.1) is 5.92 Å². The molecule has 0 bridgehead atoms. The molecule has 2 aromatic carbocycles. The molecular formula is C29H37N3O6. The van der Waals surface area contributed by atoms with Crippen molar-refractivity contribution in [1.82, 2.24) is 9.88 Å². The number of carboxylic acid groups (broad SMARTS) is 1. The highest BCUT2D eigenvalue weighted by molar-refractivity contribution is 6.45. The van der Waals surface area contributed by atoms with Crippen molar-refractivity contribution in [3.63, 3.8) is 0 Å². The number of primary amides is 1. The Bertz CT molecular complexity index is 1280. The Kier molecular flexibility index (Phi) is 11.1. The quantitative estimate of drug-likeness (QED) is 0.243. The van der Waals surface area contributed by atoms with Crippen molar-refractivity contribution in [2.75, 3.05) is 6.61 Å². The SMILES string of the molecule is CC.CCc1c(C(=O)C(N)=O)c2c(OCC(=O)N[C@H](C(=O)O)[C@@H](C)CC)cccc2n1Cc1ccccc1. The average molecular weight is 524 g/mol. The van der Waals surface area contributed by atoms with Gasteiger partial charge in [-0.05, 0) is 30.0 Å². The highest BCUT2D eigenvalue weighted by Crippen LogP contribution is 2.35. The van der Waals surface area contributed by atoms with E-state index in [4.69, 9.17) is 10.5 Å². The van der Waals surface area contributed by atoms with Gasteiger partial charge in [0.05, 0.1) is 16.5 Å². The van der Waals surface area contributed by atoms with Crippen molar-refractivity contribution in [2.45, 2.75) is 60.0 Å². The molecule has 204 valence electrons. The Labute approximate surface area is 223 Å².